The molecule has 1 fully saturated rings. The van der Waals surface area contributed by atoms with Crippen LogP contribution in [0.15, 0.2) is 24.3 Å². The van der Waals surface area contributed by atoms with Crippen LogP contribution >= 0.6 is 0 Å². The minimum Gasteiger partial charge on any atom is -0.497 e. The maximum atomic E-state index is 6.16. The molecule has 2 rings (SSSR count). The number of nitrogens with one attached hydrogen (secondary N) is 1. The summed E-state index contributed by atoms with van der Waals surface area (Å²) in [6.45, 7) is 6.05. The molecular weight excluding hydrogens is 262 g/mol. The van der Waals surface area contributed by atoms with Crippen molar-refractivity contribution in [3.8, 4) is 5.75 Å². The molecule has 3 heteroatoms. The number of methoxy groups -OCH3 is 1. The summed E-state index contributed by atoms with van der Waals surface area (Å²) < 4.78 is 11.4. The standard InChI is InChI=1S/C18H29NO2/c1-14(2)19-13-18(21-12-11-15-5-4-6-15)16-7-9-17(20-3)10-8-16/h7-10,14-15,18-19H,4-6,11-13H2,1-3H3. The molecule has 3 nitrogen and oxygen atoms in total. The first-order chi connectivity index (χ1) is 10.2. The van der Waals surface area contributed by atoms with E-state index in [4.69, 9.17) is 9.47 Å². The van der Waals surface area contributed by atoms with Crippen LogP contribution in [0.5, 0.6) is 5.75 Å². The van der Waals surface area contributed by atoms with Crippen LogP contribution in [-0.4, -0.2) is 26.3 Å². The molecule has 0 spiro atoms. The molecule has 1 aromatic rings. The lowest BCUT2D eigenvalue weighted by Gasteiger charge is -2.27. The summed E-state index contributed by atoms with van der Waals surface area (Å²) >= 11 is 0. The number of rotatable bonds is 9. The fourth-order valence-corrected chi connectivity index (χ4v) is 2.59. The largest absolute Gasteiger partial charge is 0.497 e. The van der Waals surface area contributed by atoms with Crippen LogP contribution < -0.4 is 10.1 Å². The lowest BCUT2D eigenvalue weighted by atomic mass is 9.83. The molecule has 0 amide bonds. The number of hydrogen-bond acceptors (Lipinski definition) is 3. The molecule has 21 heavy (non-hydrogen) atoms. The van der Waals surface area contributed by atoms with Crippen LogP contribution in [0.1, 0.15) is 51.2 Å². The summed E-state index contributed by atoms with van der Waals surface area (Å²) in [7, 11) is 1.70. The summed E-state index contributed by atoms with van der Waals surface area (Å²) in [6, 6.07) is 8.70. The second-order valence-electron chi connectivity index (χ2n) is 6.28. The van der Waals surface area contributed by atoms with Crippen molar-refractivity contribution in [2.75, 3.05) is 20.3 Å². The summed E-state index contributed by atoms with van der Waals surface area (Å²) in [6.07, 6.45) is 5.51. The van der Waals surface area contributed by atoms with E-state index in [-0.39, 0.29) is 6.10 Å². The molecule has 0 radical (unpaired) electrons. The van der Waals surface area contributed by atoms with Crippen LogP contribution in [0.2, 0.25) is 0 Å². The number of ether oxygens (including phenoxy) is 2. The second kappa shape index (κ2) is 8.40. The van der Waals surface area contributed by atoms with E-state index >= 15 is 0 Å². The topological polar surface area (TPSA) is 30.5 Å². The van der Waals surface area contributed by atoms with Gasteiger partial charge in [0, 0.05) is 19.2 Å². The van der Waals surface area contributed by atoms with E-state index in [9.17, 15) is 0 Å². The van der Waals surface area contributed by atoms with Gasteiger partial charge in [-0.25, -0.2) is 0 Å². The summed E-state index contributed by atoms with van der Waals surface area (Å²) in [4.78, 5) is 0. The summed E-state index contributed by atoms with van der Waals surface area (Å²) in [5, 5.41) is 3.48. The highest BCUT2D eigenvalue weighted by atomic mass is 16.5. The van der Waals surface area contributed by atoms with Gasteiger partial charge < -0.3 is 14.8 Å². The zero-order valence-electron chi connectivity index (χ0n) is 13.6. The van der Waals surface area contributed by atoms with Gasteiger partial charge in [0.25, 0.3) is 0 Å². The zero-order valence-corrected chi connectivity index (χ0v) is 13.6. The molecule has 1 N–H and O–H groups in total. The van der Waals surface area contributed by atoms with Crippen LogP contribution in [0.4, 0.5) is 0 Å². The molecule has 0 heterocycles. The SMILES string of the molecule is COc1ccc(C(CNC(C)C)OCCC2CCC2)cc1. The summed E-state index contributed by atoms with van der Waals surface area (Å²) in [5.74, 6) is 1.79. The maximum Gasteiger partial charge on any atom is 0.118 e. The van der Waals surface area contributed by atoms with Gasteiger partial charge in [-0.2, -0.15) is 0 Å². The zero-order chi connectivity index (χ0) is 15.1. The van der Waals surface area contributed by atoms with E-state index in [1.165, 1.54) is 31.2 Å². The molecule has 1 aromatic carbocycles. The van der Waals surface area contributed by atoms with Crippen molar-refractivity contribution >= 4 is 0 Å². The molecular formula is C18H29NO2. The number of hydrogen-bond donors (Lipinski definition) is 1. The molecule has 0 aliphatic heterocycles. The van der Waals surface area contributed by atoms with Crippen molar-refractivity contribution in [3.05, 3.63) is 29.8 Å². The fourth-order valence-electron chi connectivity index (χ4n) is 2.59. The molecule has 1 aliphatic carbocycles. The van der Waals surface area contributed by atoms with E-state index in [2.05, 4.69) is 31.3 Å². The van der Waals surface area contributed by atoms with Crippen LogP contribution in [0, 0.1) is 5.92 Å². The Bertz CT molecular complexity index is 398. The minimum atomic E-state index is 0.124. The van der Waals surface area contributed by atoms with Crippen molar-refractivity contribution in [2.45, 2.75) is 51.7 Å². The first kappa shape index (κ1) is 16.3. The van der Waals surface area contributed by atoms with Gasteiger partial charge >= 0.3 is 0 Å². The van der Waals surface area contributed by atoms with E-state index in [0.29, 0.717) is 6.04 Å². The van der Waals surface area contributed by atoms with Crippen molar-refractivity contribution in [2.24, 2.45) is 5.92 Å². The van der Waals surface area contributed by atoms with Gasteiger partial charge in [0.05, 0.1) is 13.2 Å². The summed E-state index contributed by atoms with van der Waals surface area (Å²) in [5.41, 5.74) is 1.22. The monoisotopic (exact) mass is 291 g/mol. The third-order valence-electron chi connectivity index (χ3n) is 4.27. The highest BCUT2D eigenvalue weighted by Crippen LogP contribution is 2.30. The highest BCUT2D eigenvalue weighted by Gasteiger charge is 2.18. The Morgan fingerprint density at radius 1 is 1.19 bits per heavy atom. The maximum absolute atomic E-state index is 6.16. The molecule has 0 bridgehead atoms. The third kappa shape index (κ3) is 5.33. The Hall–Kier alpha value is -1.06. The Labute approximate surface area is 129 Å². The Morgan fingerprint density at radius 3 is 2.43 bits per heavy atom. The number of benzene rings is 1. The molecule has 118 valence electrons. The lowest BCUT2D eigenvalue weighted by molar-refractivity contribution is 0.0361. The smallest absolute Gasteiger partial charge is 0.118 e. The van der Waals surface area contributed by atoms with Crippen molar-refractivity contribution < 1.29 is 9.47 Å². The van der Waals surface area contributed by atoms with Gasteiger partial charge in [0.1, 0.15) is 5.75 Å². The van der Waals surface area contributed by atoms with Crippen molar-refractivity contribution in [3.63, 3.8) is 0 Å². The second-order valence-corrected chi connectivity index (χ2v) is 6.28. The molecule has 1 saturated carbocycles. The minimum absolute atomic E-state index is 0.124. The van der Waals surface area contributed by atoms with E-state index < -0.39 is 0 Å². The predicted octanol–water partition coefficient (Wildman–Crippen LogP) is 3.94. The van der Waals surface area contributed by atoms with Crippen LogP contribution in [0.3, 0.4) is 0 Å². The van der Waals surface area contributed by atoms with Gasteiger partial charge in [-0.15, -0.1) is 0 Å². The van der Waals surface area contributed by atoms with Gasteiger partial charge in [0.2, 0.25) is 0 Å². The van der Waals surface area contributed by atoms with E-state index in [1.807, 2.05) is 12.1 Å². The first-order valence-electron chi connectivity index (χ1n) is 8.18. The van der Waals surface area contributed by atoms with Crippen molar-refractivity contribution in [1.29, 1.82) is 0 Å². The highest BCUT2D eigenvalue weighted by molar-refractivity contribution is 5.28. The average molecular weight is 291 g/mol. The average Bonchev–Trinajstić information content (AvgIpc) is 2.44. The van der Waals surface area contributed by atoms with Gasteiger partial charge in [0.15, 0.2) is 0 Å². The third-order valence-corrected chi connectivity index (χ3v) is 4.27. The first-order valence-corrected chi connectivity index (χ1v) is 8.18. The normalized spacial score (nSPS) is 16.8. The quantitative estimate of drug-likeness (QED) is 0.747. The van der Waals surface area contributed by atoms with Crippen LogP contribution in [0.25, 0.3) is 0 Å². The fraction of sp³-hybridized carbons (Fsp3) is 0.667. The van der Waals surface area contributed by atoms with Gasteiger partial charge in [-0.1, -0.05) is 45.2 Å². The lowest BCUT2D eigenvalue weighted by Crippen LogP contribution is -2.29. The van der Waals surface area contributed by atoms with Crippen molar-refractivity contribution in [1.82, 2.24) is 5.32 Å². The Kier molecular flexibility index (Phi) is 6.52. The van der Waals surface area contributed by atoms with E-state index in [0.717, 1.165) is 24.8 Å². The molecule has 0 saturated heterocycles. The molecule has 1 unspecified atom stereocenters. The Balaban J connectivity index is 1.88. The van der Waals surface area contributed by atoms with E-state index in [1.54, 1.807) is 7.11 Å². The predicted molar refractivity (Wildman–Crippen MR) is 86.8 cm³/mol. The van der Waals surface area contributed by atoms with Gasteiger partial charge in [-0.3, -0.25) is 0 Å². The molecule has 1 atom stereocenters. The molecule has 1 aliphatic rings. The van der Waals surface area contributed by atoms with Gasteiger partial charge in [-0.05, 0) is 30.0 Å². The Morgan fingerprint density at radius 2 is 1.90 bits per heavy atom. The van der Waals surface area contributed by atoms with Crippen LogP contribution in [-0.2, 0) is 4.74 Å². The molecule has 0 aromatic heterocycles.